The number of carboxylic acid groups (broad SMARTS) is 2. The number of rotatable bonds is 12. The Labute approximate surface area is 280 Å². The average Bonchev–Trinajstić information content (AvgIpc) is 3.07. The summed E-state index contributed by atoms with van der Waals surface area (Å²) in [6.45, 7) is -2.87. The molecule has 0 unspecified atom stereocenters. The fraction of sp³-hybridized carbons (Fsp3) is 0.923. The van der Waals surface area contributed by atoms with Crippen LogP contribution in [0.4, 0.5) is 0 Å². The highest BCUT2D eigenvalue weighted by molar-refractivity contribution is 5.75. The van der Waals surface area contributed by atoms with Crippen LogP contribution in [-0.4, -0.2) is 231 Å². The van der Waals surface area contributed by atoms with Crippen molar-refractivity contribution in [3.63, 3.8) is 0 Å². The first-order valence-corrected chi connectivity index (χ1v) is 15.1. The van der Waals surface area contributed by atoms with Crippen LogP contribution >= 0.6 is 0 Å². The average molecular weight is 739 g/mol. The summed E-state index contributed by atoms with van der Waals surface area (Å²) in [4.78, 5) is 23.2. The van der Waals surface area contributed by atoms with Crippen molar-refractivity contribution in [1.82, 2.24) is 0 Å². The fourth-order valence-electron chi connectivity index (χ4n) is 5.86. The molecule has 50 heavy (non-hydrogen) atoms. The molecule has 4 saturated heterocycles. The molecule has 20 atom stereocenters. The third-order valence-corrected chi connectivity index (χ3v) is 8.73. The highest BCUT2D eigenvalue weighted by atomic mass is 16.8. The summed E-state index contributed by atoms with van der Waals surface area (Å²) in [5.41, 5.74) is 0. The SMILES string of the molecule is O=C(O)[C@H]1O[C@H](O[C@H]2[C@H](O)[C@H](O)[C@@H](O[C@H]3[C@@H]([C@H](O)CO)O[C@@](O)(C(=O)O)C[C@H]3O)O[C@@H]2CO[C@H]2O[C@H](CO)[C@H](O)[C@H](O)[C@H]2O)[C@H](O)[C@@H](O)[C@H]1O. The van der Waals surface area contributed by atoms with Gasteiger partial charge in [-0.3, -0.25) is 0 Å². The summed E-state index contributed by atoms with van der Waals surface area (Å²) < 4.78 is 37.6. The second-order valence-electron chi connectivity index (χ2n) is 12.2. The molecule has 0 aromatic carbocycles. The first-order chi connectivity index (χ1) is 23.4. The minimum absolute atomic E-state index is 0.850. The second-order valence-corrected chi connectivity index (χ2v) is 12.2. The number of hydrogen-bond donors (Lipinski definition) is 15. The standard InChI is InChI=1S/C26H42O24/c27-2-6(30)18-17(5(29)1-26(43,50-18)25(41)42)47-23-16(38)13(35)19(48-24-15(37)11(33)12(34)20(49-24)21(39)40)8(46-23)4-44-22-14(36)10(32)9(31)7(3-28)45-22/h5-20,22-24,27-38,43H,1-4H2,(H,39,40)(H,41,42)/t5-,6-,7-,8-,9+,10+,11+,12-,13-,14-,15-,16+,17-,18-,19-,20+,22+,23-,24+,26-/m1/s1. The van der Waals surface area contributed by atoms with Gasteiger partial charge in [0.2, 0.25) is 0 Å². The van der Waals surface area contributed by atoms with E-state index in [1.165, 1.54) is 0 Å². The van der Waals surface area contributed by atoms with Crippen molar-refractivity contribution in [2.75, 3.05) is 19.8 Å². The quantitative estimate of drug-likeness (QED) is 0.0883. The van der Waals surface area contributed by atoms with Gasteiger partial charge in [-0.2, -0.15) is 0 Å². The highest BCUT2D eigenvalue weighted by Gasteiger charge is 2.57. The van der Waals surface area contributed by atoms with Gasteiger partial charge in [0.1, 0.15) is 85.5 Å². The highest BCUT2D eigenvalue weighted by Crippen LogP contribution is 2.36. The van der Waals surface area contributed by atoms with E-state index in [1.807, 2.05) is 0 Å². The smallest absolute Gasteiger partial charge is 0.364 e. The largest absolute Gasteiger partial charge is 0.479 e. The summed E-state index contributed by atoms with van der Waals surface area (Å²) in [6.07, 6.45) is -39.1. The van der Waals surface area contributed by atoms with Gasteiger partial charge < -0.3 is 110 Å². The topological polar surface area (TPSA) is 402 Å². The molecule has 4 aliphatic heterocycles. The van der Waals surface area contributed by atoms with E-state index < -0.39 is 161 Å². The van der Waals surface area contributed by atoms with Gasteiger partial charge in [-0.05, 0) is 0 Å². The van der Waals surface area contributed by atoms with E-state index in [-0.39, 0.29) is 0 Å². The number of ether oxygens (including phenoxy) is 7. The Balaban J connectivity index is 1.61. The molecule has 0 aromatic rings. The van der Waals surface area contributed by atoms with Crippen molar-refractivity contribution in [2.24, 2.45) is 0 Å². The molecule has 0 spiro atoms. The van der Waals surface area contributed by atoms with Crippen molar-refractivity contribution in [2.45, 2.75) is 129 Å². The fourth-order valence-corrected chi connectivity index (χ4v) is 5.86. The summed E-state index contributed by atoms with van der Waals surface area (Å²) in [5, 5.41) is 152. The minimum Gasteiger partial charge on any atom is -0.479 e. The first-order valence-electron chi connectivity index (χ1n) is 15.1. The zero-order valence-corrected chi connectivity index (χ0v) is 25.7. The Bertz CT molecular complexity index is 1150. The van der Waals surface area contributed by atoms with Gasteiger partial charge in [0.15, 0.2) is 25.0 Å². The molecule has 0 aliphatic carbocycles. The van der Waals surface area contributed by atoms with E-state index in [1.54, 1.807) is 0 Å². The van der Waals surface area contributed by atoms with Crippen molar-refractivity contribution in [3.05, 3.63) is 0 Å². The zero-order chi connectivity index (χ0) is 37.4. The van der Waals surface area contributed by atoms with Crippen LogP contribution in [0.25, 0.3) is 0 Å². The van der Waals surface area contributed by atoms with E-state index in [0.29, 0.717) is 0 Å². The molecular weight excluding hydrogens is 696 g/mol. The molecule has 15 N–H and O–H groups in total. The number of aliphatic hydroxyl groups excluding tert-OH is 12. The molecule has 24 heteroatoms. The van der Waals surface area contributed by atoms with Crippen LogP contribution in [0.1, 0.15) is 6.42 Å². The van der Waals surface area contributed by atoms with Crippen molar-refractivity contribution < 1.29 is 119 Å². The molecular formula is C26H42O24. The Hall–Kier alpha value is -1.86. The molecule has 4 aliphatic rings. The zero-order valence-electron chi connectivity index (χ0n) is 25.7. The normalized spacial score (nSPS) is 49.3. The van der Waals surface area contributed by atoms with E-state index in [9.17, 15) is 86.2 Å². The molecule has 0 amide bonds. The first kappa shape index (κ1) is 40.9. The Morgan fingerprint density at radius 1 is 0.700 bits per heavy atom. The number of aliphatic hydroxyl groups is 13. The summed E-state index contributed by atoms with van der Waals surface area (Å²) in [7, 11) is 0. The molecule has 0 radical (unpaired) electrons. The summed E-state index contributed by atoms with van der Waals surface area (Å²) in [5.74, 6) is -6.84. The molecule has 24 nitrogen and oxygen atoms in total. The van der Waals surface area contributed by atoms with Crippen LogP contribution in [-0.2, 0) is 42.7 Å². The Kier molecular flexibility index (Phi) is 13.4. The lowest BCUT2D eigenvalue weighted by molar-refractivity contribution is -0.383. The van der Waals surface area contributed by atoms with Gasteiger partial charge in [0.25, 0.3) is 5.79 Å². The predicted octanol–water partition coefficient (Wildman–Crippen LogP) is -9.81. The molecule has 4 rings (SSSR count). The third-order valence-electron chi connectivity index (χ3n) is 8.73. The maximum atomic E-state index is 11.6. The van der Waals surface area contributed by atoms with Crippen molar-refractivity contribution in [3.8, 4) is 0 Å². The Morgan fingerprint density at radius 2 is 1.24 bits per heavy atom. The number of carbonyl (C=O) groups is 2. The lowest BCUT2D eigenvalue weighted by Gasteiger charge is -2.49. The van der Waals surface area contributed by atoms with E-state index in [2.05, 4.69) is 0 Å². The van der Waals surface area contributed by atoms with Crippen molar-refractivity contribution in [1.29, 1.82) is 0 Å². The maximum Gasteiger partial charge on any atom is 0.364 e. The lowest BCUT2D eigenvalue weighted by Crippen LogP contribution is -2.67. The van der Waals surface area contributed by atoms with Crippen LogP contribution in [0.5, 0.6) is 0 Å². The van der Waals surface area contributed by atoms with Gasteiger partial charge in [-0.15, -0.1) is 0 Å². The van der Waals surface area contributed by atoms with E-state index >= 15 is 0 Å². The lowest BCUT2D eigenvalue weighted by atomic mass is 9.92. The summed E-state index contributed by atoms with van der Waals surface area (Å²) in [6, 6.07) is 0. The summed E-state index contributed by atoms with van der Waals surface area (Å²) >= 11 is 0. The molecule has 0 bridgehead atoms. The van der Waals surface area contributed by atoms with Crippen molar-refractivity contribution >= 4 is 11.9 Å². The molecule has 290 valence electrons. The number of carboxylic acids is 2. The molecule has 4 heterocycles. The van der Waals surface area contributed by atoms with E-state index in [0.717, 1.165) is 0 Å². The van der Waals surface area contributed by atoms with Gasteiger partial charge >= 0.3 is 11.9 Å². The van der Waals surface area contributed by atoms with Crippen LogP contribution in [0.2, 0.25) is 0 Å². The Morgan fingerprint density at radius 3 is 1.82 bits per heavy atom. The van der Waals surface area contributed by atoms with E-state index in [4.69, 9.17) is 33.2 Å². The van der Waals surface area contributed by atoms with Crippen LogP contribution < -0.4 is 0 Å². The van der Waals surface area contributed by atoms with Gasteiger partial charge in [-0.1, -0.05) is 0 Å². The second kappa shape index (κ2) is 16.4. The van der Waals surface area contributed by atoms with Gasteiger partial charge in [0.05, 0.1) is 25.9 Å². The number of aliphatic carboxylic acids is 2. The minimum atomic E-state index is -3.07. The van der Waals surface area contributed by atoms with Gasteiger partial charge in [0, 0.05) is 6.42 Å². The van der Waals surface area contributed by atoms with Gasteiger partial charge in [-0.25, -0.2) is 9.59 Å². The maximum absolute atomic E-state index is 11.6. The van der Waals surface area contributed by atoms with Crippen LogP contribution in [0.3, 0.4) is 0 Å². The third kappa shape index (κ3) is 8.19. The molecule has 0 saturated carbocycles. The number of hydrogen-bond acceptors (Lipinski definition) is 22. The molecule has 4 fully saturated rings. The molecule has 0 aromatic heterocycles. The predicted molar refractivity (Wildman–Crippen MR) is 146 cm³/mol. The van der Waals surface area contributed by atoms with Crippen LogP contribution in [0, 0.1) is 0 Å². The monoisotopic (exact) mass is 738 g/mol. The van der Waals surface area contributed by atoms with Crippen LogP contribution in [0.15, 0.2) is 0 Å².